The molecule has 0 bridgehead atoms. The van der Waals surface area contributed by atoms with Crippen LogP contribution in [0.25, 0.3) is 0 Å². The van der Waals surface area contributed by atoms with Crippen molar-refractivity contribution in [2.75, 3.05) is 0 Å². The first-order chi connectivity index (χ1) is 7.83. The Morgan fingerprint density at radius 1 is 0.938 bits per heavy atom. The maximum Gasteiger partial charge on any atom is 0.132 e. The monoisotopic (exact) mass is 222 g/mol. The van der Waals surface area contributed by atoms with Crippen molar-refractivity contribution >= 4 is 5.78 Å². The average molecular weight is 222 g/mol. The minimum Gasteiger partial charge on any atom is -0.300 e. The van der Waals surface area contributed by atoms with Gasteiger partial charge in [-0.05, 0) is 32.1 Å². The third kappa shape index (κ3) is 6.09. The molecule has 0 aromatic heterocycles. The minimum atomic E-state index is 0.482. The van der Waals surface area contributed by atoms with Gasteiger partial charge in [-0.1, -0.05) is 44.3 Å². The van der Waals surface area contributed by atoms with Gasteiger partial charge < -0.3 is 0 Å². The van der Waals surface area contributed by atoms with E-state index in [1.807, 2.05) is 0 Å². The van der Waals surface area contributed by atoms with Gasteiger partial charge in [0.15, 0.2) is 0 Å². The predicted octanol–water partition coefficient (Wildman–Crippen LogP) is 4.66. The van der Waals surface area contributed by atoms with Crippen LogP contribution in [0.1, 0.15) is 71.1 Å². The number of hydrogen-bond acceptors (Lipinski definition) is 1. The zero-order valence-corrected chi connectivity index (χ0v) is 10.7. The lowest BCUT2D eigenvalue weighted by Crippen LogP contribution is -2.04. The Hall–Kier alpha value is -0.590. The summed E-state index contributed by atoms with van der Waals surface area (Å²) in [6.45, 7) is 2.08. The summed E-state index contributed by atoms with van der Waals surface area (Å²) in [6, 6.07) is 0. The summed E-state index contributed by atoms with van der Waals surface area (Å²) in [5, 5.41) is 0. The molecule has 1 saturated carbocycles. The number of carbonyl (C=O) groups excluding carboxylic acids is 1. The van der Waals surface area contributed by atoms with Gasteiger partial charge in [0.1, 0.15) is 5.78 Å². The van der Waals surface area contributed by atoms with Gasteiger partial charge in [-0.25, -0.2) is 0 Å². The van der Waals surface area contributed by atoms with E-state index < -0.39 is 0 Å². The highest BCUT2D eigenvalue weighted by Gasteiger charge is 2.09. The molecule has 0 amide bonds. The Labute approximate surface area is 100 Å². The molecule has 1 atom stereocenters. The number of carbonyl (C=O) groups is 1. The molecule has 1 rings (SSSR count). The van der Waals surface area contributed by atoms with Crippen LogP contribution in [0.5, 0.6) is 0 Å². The van der Waals surface area contributed by atoms with Crippen LogP contribution in [0.4, 0.5) is 0 Å². The fraction of sp³-hybridized carbons (Fsp3) is 0.800. The Balaban J connectivity index is 2.38. The molecule has 1 aliphatic carbocycles. The summed E-state index contributed by atoms with van der Waals surface area (Å²) in [5.74, 6) is 1.13. The number of hydrogen-bond donors (Lipinski definition) is 0. The minimum absolute atomic E-state index is 0.482. The summed E-state index contributed by atoms with van der Waals surface area (Å²) in [6.07, 6.45) is 16.2. The quantitative estimate of drug-likeness (QED) is 0.590. The third-order valence-electron chi connectivity index (χ3n) is 3.54. The predicted molar refractivity (Wildman–Crippen MR) is 69.5 cm³/mol. The fourth-order valence-corrected chi connectivity index (χ4v) is 2.52. The van der Waals surface area contributed by atoms with E-state index in [0.717, 1.165) is 25.7 Å². The summed E-state index contributed by atoms with van der Waals surface area (Å²) >= 11 is 0. The smallest absolute Gasteiger partial charge is 0.132 e. The summed E-state index contributed by atoms with van der Waals surface area (Å²) in [5.41, 5.74) is 0. The number of Topliss-reactive ketones (excluding diaryl/α,β-unsaturated/α-hetero) is 1. The van der Waals surface area contributed by atoms with Crippen molar-refractivity contribution < 1.29 is 4.79 Å². The van der Waals surface area contributed by atoms with Crippen LogP contribution >= 0.6 is 0 Å². The van der Waals surface area contributed by atoms with Gasteiger partial charge in [0.2, 0.25) is 0 Å². The van der Waals surface area contributed by atoms with Crippen molar-refractivity contribution in [3.8, 4) is 0 Å². The third-order valence-corrected chi connectivity index (χ3v) is 3.54. The molecule has 0 saturated heterocycles. The van der Waals surface area contributed by atoms with Crippen LogP contribution in [-0.4, -0.2) is 5.78 Å². The van der Waals surface area contributed by atoms with Crippen molar-refractivity contribution in [1.82, 2.24) is 0 Å². The topological polar surface area (TPSA) is 17.1 Å². The first kappa shape index (κ1) is 13.5. The molecule has 0 radical (unpaired) electrons. The van der Waals surface area contributed by atoms with E-state index in [0.29, 0.717) is 11.7 Å². The lowest BCUT2D eigenvalue weighted by atomic mass is 9.92. The van der Waals surface area contributed by atoms with E-state index in [4.69, 9.17) is 0 Å². The molecule has 1 nitrogen and oxygen atoms in total. The van der Waals surface area contributed by atoms with Gasteiger partial charge in [-0.2, -0.15) is 0 Å². The molecule has 92 valence electrons. The Morgan fingerprint density at radius 3 is 2.38 bits per heavy atom. The first-order valence-electron chi connectivity index (χ1n) is 6.97. The standard InChI is InChI=1S/C15H26O/c1-2-9-14-10-7-5-3-4-6-8-11-15(16)13-12-14/h2,9,14H,3-8,10-13H2,1H3. The number of rotatable bonds is 1. The van der Waals surface area contributed by atoms with Crippen LogP contribution in [0.3, 0.4) is 0 Å². The molecule has 0 aliphatic heterocycles. The summed E-state index contributed by atoms with van der Waals surface area (Å²) in [7, 11) is 0. The zero-order chi connectivity index (χ0) is 11.6. The van der Waals surface area contributed by atoms with Crippen LogP contribution in [0, 0.1) is 5.92 Å². The second kappa shape index (κ2) is 8.55. The fourth-order valence-electron chi connectivity index (χ4n) is 2.52. The van der Waals surface area contributed by atoms with Crippen LogP contribution in [0.15, 0.2) is 12.2 Å². The average Bonchev–Trinajstić information content (AvgIpc) is 2.27. The molecular weight excluding hydrogens is 196 g/mol. The van der Waals surface area contributed by atoms with E-state index in [2.05, 4.69) is 19.1 Å². The van der Waals surface area contributed by atoms with Crippen molar-refractivity contribution in [3.63, 3.8) is 0 Å². The van der Waals surface area contributed by atoms with Gasteiger partial charge in [0, 0.05) is 12.8 Å². The molecule has 0 aromatic rings. The van der Waals surface area contributed by atoms with Crippen molar-refractivity contribution in [1.29, 1.82) is 0 Å². The maximum atomic E-state index is 11.6. The lowest BCUT2D eigenvalue weighted by Gasteiger charge is -2.13. The van der Waals surface area contributed by atoms with E-state index in [9.17, 15) is 4.79 Å². The molecule has 0 aromatic carbocycles. The highest BCUT2D eigenvalue weighted by Crippen LogP contribution is 2.20. The normalized spacial score (nSPS) is 26.3. The molecule has 0 heterocycles. The Bertz CT molecular complexity index is 217. The summed E-state index contributed by atoms with van der Waals surface area (Å²) in [4.78, 5) is 11.6. The van der Waals surface area contributed by atoms with Gasteiger partial charge in [0.25, 0.3) is 0 Å². The highest BCUT2D eigenvalue weighted by molar-refractivity contribution is 5.78. The van der Waals surface area contributed by atoms with Crippen LogP contribution < -0.4 is 0 Å². The molecule has 1 heteroatoms. The molecule has 0 N–H and O–H groups in total. The molecule has 1 unspecified atom stereocenters. The van der Waals surface area contributed by atoms with Gasteiger partial charge in [-0.15, -0.1) is 0 Å². The molecule has 1 aliphatic rings. The molecular formula is C15H26O. The van der Waals surface area contributed by atoms with E-state index in [-0.39, 0.29) is 0 Å². The Morgan fingerprint density at radius 2 is 1.62 bits per heavy atom. The maximum absolute atomic E-state index is 11.6. The van der Waals surface area contributed by atoms with Gasteiger partial charge >= 0.3 is 0 Å². The zero-order valence-electron chi connectivity index (χ0n) is 10.7. The SMILES string of the molecule is CC=CC1CCCCCCCCC(=O)CC1. The lowest BCUT2D eigenvalue weighted by molar-refractivity contribution is -0.119. The molecule has 1 fully saturated rings. The second-order valence-electron chi connectivity index (χ2n) is 5.02. The second-order valence-corrected chi connectivity index (χ2v) is 5.02. The van der Waals surface area contributed by atoms with Crippen LogP contribution in [-0.2, 0) is 4.79 Å². The summed E-state index contributed by atoms with van der Waals surface area (Å²) < 4.78 is 0. The largest absolute Gasteiger partial charge is 0.300 e. The highest BCUT2D eigenvalue weighted by atomic mass is 16.1. The molecule has 0 spiro atoms. The number of allylic oxidation sites excluding steroid dienone is 2. The van der Waals surface area contributed by atoms with Crippen molar-refractivity contribution in [2.45, 2.75) is 71.1 Å². The Kier molecular flexibility index (Phi) is 7.20. The van der Waals surface area contributed by atoms with E-state index >= 15 is 0 Å². The van der Waals surface area contributed by atoms with Gasteiger partial charge in [-0.3, -0.25) is 4.79 Å². The van der Waals surface area contributed by atoms with Gasteiger partial charge in [0.05, 0.1) is 0 Å². The van der Waals surface area contributed by atoms with Crippen molar-refractivity contribution in [3.05, 3.63) is 12.2 Å². The van der Waals surface area contributed by atoms with Crippen molar-refractivity contribution in [2.24, 2.45) is 5.92 Å². The molecule has 16 heavy (non-hydrogen) atoms. The van der Waals surface area contributed by atoms with E-state index in [1.165, 1.54) is 38.5 Å². The number of ketones is 1. The first-order valence-corrected chi connectivity index (χ1v) is 6.97. The van der Waals surface area contributed by atoms with Crippen LogP contribution in [0.2, 0.25) is 0 Å². The van der Waals surface area contributed by atoms with E-state index in [1.54, 1.807) is 0 Å².